The number of nitrogens with zero attached hydrogens (tertiary/aromatic N) is 1. The number of rotatable bonds is 3. The minimum Gasteiger partial charge on any atom is -0.467 e. The summed E-state index contributed by atoms with van der Waals surface area (Å²) in [7, 11) is 1.81. The van der Waals surface area contributed by atoms with Gasteiger partial charge in [-0.25, -0.2) is 0 Å². The Morgan fingerprint density at radius 2 is 2.50 bits per heavy atom. The molecule has 1 aliphatic rings. The van der Waals surface area contributed by atoms with Gasteiger partial charge in [0.15, 0.2) is 0 Å². The second kappa shape index (κ2) is 3.84. The lowest BCUT2D eigenvalue weighted by Gasteiger charge is -2.29. The molecule has 2 heterocycles. The molecule has 1 amide bonds. The average molecular weight is 194 g/mol. The molecule has 4 nitrogen and oxygen atoms in total. The molecule has 14 heavy (non-hydrogen) atoms. The largest absolute Gasteiger partial charge is 0.467 e. The van der Waals surface area contributed by atoms with Gasteiger partial charge in [0.05, 0.1) is 18.7 Å². The van der Waals surface area contributed by atoms with Gasteiger partial charge in [0.25, 0.3) is 0 Å². The topological polar surface area (TPSA) is 45.5 Å². The molecule has 0 aliphatic carbocycles. The first-order chi connectivity index (χ1) is 6.77. The molecule has 1 N–H and O–H groups in total. The van der Waals surface area contributed by atoms with Gasteiger partial charge in [-0.3, -0.25) is 4.79 Å². The van der Waals surface area contributed by atoms with Crippen molar-refractivity contribution in [3.63, 3.8) is 0 Å². The molecule has 0 bridgehead atoms. The molecule has 0 spiro atoms. The van der Waals surface area contributed by atoms with Gasteiger partial charge < -0.3 is 14.6 Å². The fraction of sp³-hybridized carbons (Fsp3) is 0.500. The molecule has 0 atom stereocenters. The van der Waals surface area contributed by atoms with Crippen LogP contribution in [0.15, 0.2) is 22.8 Å². The molecule has 4 heteroatoms. The SMILES string of the molecule is CN(Cc1ccco1)C(=O)C1CNC1. The molecular weight excluding hydrogens is 180 g/mol. The minimum atomic E-state index is 0.162. The van der Waals surface area contributed by atoms with Crippen LogP contribution in [-0.4, -0.2) is 30.9 Å². The predicted octanol–water partition coefficient (Wildman–Crippen LogP) is 0.457. The number of carbonyl (C=O) groups excluding carboxylic acids is 1. The van der Waals surface area contributed by atoms with Gasteiger partial charge in [-0.2, -0.15) is 0 Å². The number of amides is 1. The molecule has 76 valence electrons. The highest BCUT2D eigenvalue weighted by atomic mass is 16.3. The van der Waals surface area contributed by atoms with Crippen molar-refractivity contribution in [1.82, 2.24) is 10.2 Å². The van der Waals surface area contributed by atoms with Gasteiger partial charge in [-0.05, 0) is 12.1 Å². The first-order valence-corrected chi connectivity index (χ1v) is 4.75. The molecule has 2 rings (SSSR count). The normalized spacial score (nSPS) is 16.4. The van der Waals surface area contributed by atoms with Gasteiger partial charge in [0, 0.05) is 20.1 Å². The smallest absolute Gasteiger partial charge is 0.228 e. The van der Waals surface area contributed by atoms with Gasteiger partial charge in [0.2, 0.25) is 5.91 Å². The van der Waals surface area contributed by atoms with E-state index in [9.17, 15) is 4.79 Å². The third-order valence-corrected chi connectivity index (χ3v) is 2.48. The van der Waals surface area contributed by atoms with E-state index in [2.05, 4.69) is 5.32 Å². The fourth-order valence-electron chi connectivity index (χ4n) is 1.49. The van der Waals surface area contributed by atoms with Gasteiger partial charge in [0.1, 0.15) is 5.76 Å². The molecule has 1 aliphatic heterocycles. The van der Waals surface area contributed by atoms with Crippen LogP contribution >= 0.6 is 0 Å². The summed E-state index contributed by atoms with van der Waals surface area (Å²) in [5, 5.41) is 3.08. The van der Waals surface area contributed by atoms with Crippen molar-refractivity contribution < 1.29 is 9.21 Å². The summed E-state index contributed by atoms with van der Waals surface area (Å²) in [6, 6.07) is 3.71. The fourth-order valence-corrected chi connectivity index (χ4v) is 1.49. The predicted molar refractivity (Wildman–Crippen MR) is 51.5 cm³/mol. The zero-order valence-electron chi connectivity index (χ0n) is 8.19. The van der Waals surface area contributed by atoms with Crippen LogP contribution in [0, 0.1) is 5.92 Å². The Kier molecular flexibility index (Phi) is 2.54. The van der Waals surface area contributed by atoms with Crippen molar-refractivity contribution in [2.45, 2.75) is 6.54 Å². The molecular formula is C10H14N2O2. The van der Waals surface area contributed by atoms with E-state index in [1.165, 1.54) is 0 Å². The number of hydrogen-bond acceptors (Lipinski definition) is 3. The van der Waals surface area contributed by atoms with Crippen molar-refractivity contribution >= 4 is 5.91 Å². The third kappa shape index (κ3) is 1.80. The minimum absolute atomic E-state index is 0.162. The summed E-state index contributed by atoms with van der Waals surface area (Å²) in [6.07, 6.45) is 1.62. The van der Waals surface area contributed by atoms with E-state index in [0.29, 0.717) is 6.54 Å². The van der Waals surface area contributed by atoms with Crippen LogP contribution in [0.5, 0.6) is 0 Å². The zero-order valence-corrected chi connectivity index (χ0v) is 8.19. The first-order valence-electron chi connectivity index (χ1n) is 4.75. The van der Waals surface area contributed by atoms with Crippen LogP contribution < -0.4 is 5.32 Å². The summed E-state index contributed by atoms with van der Waals surface area (Å²) in [6.45, 7) is 2.17. The van der Waals surface area contributed by atoms with E-state index < -0.39 is 0 Å². The van der Waals surface area contributed by atoms with Crippen LogP contribution in [0.3, 0.4) is 0 Å². The van der Waals surface area contributed by atoms with Gasteiger partial charge in [-0.1, -0.05) is 0 Å². The quantitative estimate of drug-likeness (QED) is 0.760. The third-order valence-electron chi connectivity index (χ3n) is 2.48. The number of hydrogen-bond donors (Lipinski definition) is 1. The summed E-state index contributed by atoms with van der Waals surface area (Å²) < 4.78 is 5.18. The van der Waals surface area contributed by atoms with Gasteiger partial charge in [-0.15, -0.1) is 0 Å². The molecule has 1 aromatic heterocycles. The molecule has 1 fully saturated rings. The Morgan fingerprint density at radius 1 is 1.71 bits per heavy atom. The van der Waals surface area contributed by atoms with E-state index in [1.807, 2.05) is 19.2 Å². The highest BCUT2D eigenvalue weighted by Gasteiger charge is 2.27. The van der Waals surface area contributed by atoms with Crippen molar-refractivity contribution in [1.29, 1.82) is 0 Å². The average Bonchev–Trinajstić information content (AvgIpc) is 2.53. The number of nitrogens with one attached hydrogen (secondary N) is 1. The molecule has 0 unspecified atom stereocenters. The van der Waals surface area contributed by atoms with Gasteiger partial charge >= 0.3 is 0 Å². The number of furan rings is 1. The Morgan fingerprint density at radius 3 is 3.00 bits per heavy atom. The second-order valence-corrected chi connectivity index (χ2v) is 3.63. The molecule has 0 aromatic carbocycles. The van der Waals surface area contributed by atoms with Crippen LogP contribution in [0.4, 0.5) is 0 Å². The number of carbonyl (C=O) groups is 1. The van der Waals surface area contributed by atoms with E-state index in [4.69, 9.17) is 4.42 Å². The van der Waals surface area contributed by atoms with E-state index in [1.54, 1.807) is 11.2 Å². The zero-order chi connectivity index (χ0) is 9.97. The van der Waals surface area contributed by atoms with Crippen molar-refractivity contribution in [3.8, 4) is 0 Å². The standard InChI is InChI=1S/C10H14N2O2/c1-12(7-9-3-2-4-14-9)10(13)8-5-11-6-8/h2-4,8,11H,5-7H2,1H3. The highest BCUT2D eigenvalue weighted by molar-refractivity contribution is 5.79. The lowest BCUT2D eigenvalue weighted by molar-refractivity contribution is -0.136. The maximum atomic E-state index is 11.7. The van der Waals surface area contributed by atoms with Crippen LogP contribution in [0.2, 0.25) is 0 Å². The summed E-state index contributed by atoms with van der Waals surface area (Å²) in [5.41, 5.74) is 0. The Labute approximate surface area is 82.9 Å². The lowest BCUT2D eigenvalue weighted by Crippen LogP contribution is -2.50. The van der Waals surface area contributed by atoms with E-state index in [0.717, 1.165) is 18.8 Å². The second-order valence-electron chi connectivity index (χ2n) is 3.63. The first kappa shape index (κ1) is 9.27. The van der Waals surface area contributed by atoms with Crippen molar-refractivity contribution in [2.75, 3.05) is 20.1 Å². The Hall–Kier alpha value is -1.29. The summed E-state index contributed by atoms with van der Waals surface area (Å²) in [4.78, 5) is 13.4. The monoisotopic (exact) mass is 194 g/mol. The highest BCUT2D eigenvalue weighted by Crippen LogP contribution is 2.10. The van der Waals surface area contributed by atoms with Crippen molar-refractivity contribution in [3.05, 3.63) is 24.2 Å². The molecule has 0 saturated carbocycles. The van der Waals surface area contributed by atoms with Crippen molar-refractivity contribution in [2.24, 2.45) is 5.92 Å². The van der Waals surface area contributed by atoms with E-state index in [-0.39, 0.29) is 11.8 Å². The summed E-state index contributed by atoms with van der Waals surface area (Å²) in [5.74, 6) is 1.18. The Balaban J connectivity index is 1.88. The van der Waals surface area contributed by atoms with E-state index >= 15 is 0 Å². The van der Waals surface area contributed by atoms with Crippen LogP contribution in [-0.2, 0) is 11.3 Å². The lowest BCUT2D eigenvalue weighted by atomic mass is 10.0. The maximum Gasteiger partial charge on any atom is 0.228 e. The molecule has 1 aromatic rings. The Bertz CT molecular complexity index is 304. The van der Waals surface area contributed by atoms with Crippen LogP contribution in [0.1, 0.15) is 5.76 Å². The summed E-state index contributed by atoms with van der Waals surface area (Å²) >= 11 is 0. The maximum absolute atomic E-state index is 11.7. The molecule has 0 radical (unpaired) electrons. The van der Waals surface area contributed by atoms with Crippen LogP contribution in [0.25, 0.3) is 0 Å². The molecule has 1 saturated heterocycles.